The SMILES string of the molecule is Nc1ccc2oc(Sc3ccccn3)nc2c1. The fourth-order valence-electron chi connectivity index (χ4n) is 1.46. The molecule has 4 nitrogen and oxygen atoms in total. The van der Waals surface area contributed by atoms with Crippen LogP contribution >= 0.6 is 11.8 Å². The number of rotatable bonds is 2. The zero-order valence-corrected chi connectivity index (χ0v) is 9.65. The lowest BCUT2D eigenvalue weighted by atomic mass is 10.3. The molecule has 2 aromatic heterocycles. The molecule has 0 amide bonds. The number of nitrogens with two attached hydrogens (primary N) is 1. The van der Waals surface area contributed by atoms with Crippen LogP contribution in [0.5, 0.6) is 0 Å². The molecule has 3 aromatic rings. The van der Waals surface area contributed by atoms with Gasteiger partial charge in [0.15, 0.2) is 5.58 Å². The van der Waals surface area contributed by atoms with Gasteiger partial charge in [0.1, 0.15) is 10.5 Å². The third kappa shape index (κ3) is 2.09. The molecule has 2 heterocycles. The first-order valence-electron chi connectivity index (χ1n) is 5.06. The Morgan fingerprint density at radius 1 is 1.18 bits per heavy atom. The average molecular weight is 243 g/mol. The van der Waals surface area contributed by atoms with E-state index in [4.69, 9.17) is 10.2 Å². The molecule has 0 spiro atoms. The van der Waals surface area contributed by atoms with Crippen molar-refractivity contribution in [1.82, 2.24) is 9.97 Å². The lowest BCUT2D eigenvalue weighted by Gasteiger charge is -1.92. The Morgan fingerprint density at radius 3 is 2.94 bits per heavy atom. The predicted octanol–water partition coefficient (Wildman–Crippen LogP) is 2.96. The van der Waals surface area contributed by atoms with Crippen LogP contribution in [0.3, 0.4) is 0 Å². The second-order valence-electron chi connectivity index (χ2n) is 3.48. The van der Waals surface area contributed by atoms with Crippen molar-refractivity contribution in [2.24, 2.45) is 0 Å². The van der Waals surface area contributed by atoms with E-state index in [1.165, 1.54) is 11.8 Å². The van der Waals surface area contributed by atoms with E-state index in [-0.39, 0.29) is 0 Å². The highest BCUT2D eigenvalue weighted by atomic mass is 32.2. The van der Waals surface area contributed by atoms with E-state index < -0.39 is 0 Å². The molecule has 1 aromatic carbocycles. The summed E-state index contributed by atoms with van der Waals surface area (Å²) in [4.78, 5) is 8.55. The fraction of sp³-hybridized carbons (Fsp3) is 0. The molecule has 0 fully saturated rings. The number of hydrogen-bond donors (Lipinski definition) is 1. The minimum atomic E-state index is 0.573. The minimum absolute atomic E-state index is 0.573. The smallest absolute Gasteiger partial charge is 0.263 e. The summed E-state index contributed by atoms with van der Waals surface area (Å²) in [5, 5.41) is 1.43. The van der Waals surface area contributed by atoms with E-state index in [9.17, 15) is 0 Å². The molecule has 3 rings (SSSR count). The number of nitrogen functional groups attached to an aromatic ring is 1. The van der Waals surface area contributed by atoms with Crippen LogP contribution in [0.2, 0.25) is 0 Å². The highest BCUT2D eigenvalue weighted by Crippen LogP contribution is 2.28. The van der Waals surface area contributed by atoms with Crippen LogP contribution in [0.1, 0.15) is 0 Å². The summed E-state index contributed by atoms with van der Waals surface area (Å²) in [6.45, 7) is 0. The van der Waals surface area contributed by atoms with Gasteiger partial charge in [-0.05, 0) is 42.1 Å². The van der Waals surface area contributed by atoms with Gasteiger partial charge < -0.3 is 10.2 Å². The number of nitrogens with zero attached hydrogens (tertiary/aromatic N) is 2. The highest BCUT2D eigenvalue weighted by Gasteiger charge is 2.07. The maximum atomic E-state index is 5.68. The molecular weight excluding hydrogens is 234 g/mol. The van der Waals surface area contributed by atoms with Gasteiger partial charge in [0.2, 0.25) is 0 Å². The van der Waals surface area contributed by atoms with E-state index in [0.29, 0.717) is 10.9 Å². The molecule has 0 saturated carbocycles. The first kappa shape index (κ1) is 10.2. The Morgan fingerprint density at radius 2 is 2.12 bits per heavy atom. The summed E-state index contributed by atoms with van der Waals surface area (Å²) in [6, 6.07) is 11.1. The van der Waals surface area contributed by atoms with Crippen LogP contribution in [0.4, 0.5) is 5.69 Å². The number of oxazole rings is 1. The molecular formula is C12H9N3OS. The van der Waals surface area contributed by atoms with Crippen LogP contribution in [-0.2, 0) is 0 Å². The van der Waals surface area contributed by atoms with Crippen molar-refractivity contribution in [1.29, 1.82) is 0 Å². The third-order valence-corrected chi connectivity index (χ3v) is 3.02. The van der Waals surface area contributed by atoms with Crippen molar-refractivity contribution in [3.05, 3.63) is 42.6 Å². The van der Waals surface area contributed by atoms with Crippen molar-refractivity contribution in [3.63, 3.8) is 0 Å². The molecule has 0 aliphatic heterocycles. The summed E-state index contributed by atoms with van der Waals surface area (Å²) in [5.74, 6) is 0. The first-order valence-corrected chi connectivity index (χ1v) is 5.88. The monoisotopic (exact) mass is 243 g/mol. The van der Waals surface area contributed by atoms with Crippen LogP contribution in [0.25, 0.3) is 11.1 Å². The summed E-state index contributed by atoms with van der Waals surface area (Å²) in [7, 11) is 0. The topological polar surface area (TPSA) is 64.9 Å². The van der Waals surface area contributed by atoms with Gasteiger partial charge in [0.05, 0.1) is 0 Å². The van der Waals surface area contributed by atoms with Crippen LogP contribution < -0.4 is 5.73 Å². The predicted molar refractivity (Wildman–Crippen MR) is 66.8 cm³/mol. The van der Waals surface area contributed by atoms with E-state index in [1.807, 2.05) is 24.3 Å². The van der Waals surface area contributed by atoms with Crippen LogP contribution in [0.15, 0.2) is 57.3 Å². The minimum Gasteiger partial charge on any atom is -0.431 e. The number of benzene rings is 1. The summed E-state index contributed by atoms with van der Waals surface area (Å²) in [6.07, 6.45) is 1.74. The molecule has 0 unspecified atom stereocenters. The van der Waals surface area contributed by atoms with Crippen molar-refractivity contribution < 1.29 is 4.42 Å². The maximum absolute atomic E-state index is 5.68. The Balaban J connectivity index is 1.96. The van der Waals surface area contributed by atoms with Gasteiger partial charge in [-0.15, -0.1) is 0 Å². The zero-order valence-electron chi connectivity index (χ0n) is 8.83. The molecule has 84 valence electrons. The molecule has 0 aliphatic rings. The number of fused-ring (bicyclic) bond motifs is 1. The largest absolute Gasteiger partial charge is 0.431 e. The Hall–Kier alpha value is -2.01. The lowest BCUT2D eigenvalue weighted by Crippen LogP contribution is -1.82. The maximum Gasteiger partial charge on any atom is 0.263 e. The second kappa shape index (κ2) is 4.10. The molecule has 0 saturated heterocycles. The van der Waals surface area contributed by atoms with Crippen molar-refractivity contribution in [3.8, 4) is 0 Å². The molecule has 2 N–H and O–H groups in total. The van der Waals surface area contributed by atoms with E-state index in [0.717, 1.165) is 16.1 Å². The fourth-order valence-corrected chi connectivity index (χ4v) is 2.18. The van der Waals surface area contributed by atoms with Gasteiger partial charge in [0, 0.05) is 11.9 Å². The van der Waals surface area contributed by atoms with Gasteiger partial charge in [-0.3, -0.25) is 0 Å². The van der Waals surface area contributed by atoms with Gasteiger partial charge >= 0.3 is 0 Å². The second-order valence-corrected chi connectivity index (χ2v) is 4.45. The zero-order chi connectivity index (χ0) is 11.7. The van der Waals surface area contributed by atoms with E-state index >= 15 is 0 Å². The molecule has 17 heavy (non-hydrogen) atoms. The van der Waals surface area contributed by atoms with E-state index in [2.05, 4.69) is 9.97 Å². The van der Waals surface area contributed by atoms with Crippen molar-refractivity contribution in [2.75, 3.05) is 5.73 Å². The normalized spacial score (nSPS) is 10.8. The van der Waals surface area contributed by atoms with Gasteiger partial charge in [-0.2, -0.15) is 0 Å². The number of pyridine rings is 1. The van der Waals surface area contributed by atoms with Crippen molar-refractivity contribution >= 4 is 28.5 Å². The standard InChI is InChI=1S/C12H9N3OS/c13-8-4-5-10-9(7-8)15-12(16-10)17-11-3-1-2-6-14-11/h1-7H,13H2. The molecule has 0 atom stereocenters. The lowest BCUT2D eigenvalue weighted by molar-refractivity contribution is 0.489. The summed E-state index contributed by atoms with van der Waals surface area (Å²) in [5.41, 5.74) is 7.87. The highest BCUT2D eigenvalue weighted by molar-refractivity contribution is 7.99. The van der Waals surface area contributed by atoms with Gasteiger partial charge in [-0.1, -0.05) is 6.07 Å². The molecule has 5 heteroatoms. The summed E-state index contributed by atoms with van der Waals surface area (Å²) < 4.78 is 5.58. The molecule has 0 radical (unpaired) electrons. The number of hydrogen-bond acceptors (Lipinski definition) is 5. The van der Waals surface area contributed by atoms with Crippen LogP contribution in [-0.4, -0.2) is 9.97 Å². The first-order chi connectivity index (χ1) is 8.31. The Labute approximate surface area is 102 Å². The van der Waals surface area contributed by atoms with E-state index in [1.54, 1.807) is 18.3 Å². The van der Waals surface area contributed by atoms with Crippen molar-refractivity contribution in [2.45, 2.75) is 10.2 Å². The molecule has 0 aliphatic carbocycles. The Kier molecular flexibility index (Phi) is 2.45. The van der Waals surface area contributed by atoms with Gasteiger partial charge in [0.25, 0.3) is 5.22 Å². The quantitative estimate of drug-likeness (QED) is 0.701. The Bertz CT molecular complexity index is 651. The summed E-state index contributed by atoms with van der Waals surface area (Å²) >= 11 is 1.39. The third-order valence-electron chi connectivity index (χ3n) is 2.22. The average Bonchev–Trinajstić information content (AvgIpc) is 2.71. The number of anilines is 1. The van der Waals surface area contributed by atoms with Crippen LogP contribution in [0, 0.1) is 0 Å². The molecule has 0 bridgehead atoms. The van der Waals surface area contributed by atoms with Gasteiger partial charge in [-0.25, -0.2) is 9.97 Å². The number of aromatic nitrogens is 2.